The van der Waals surface area contributed by atoms with Crippen LogP contribution in [0.2, 0.25) is 0 Å². The molecule has 1 amide bonds. The molecule has 15 heavy (non-hydrogen) atoms. The number of amides is 1. The van der Waals surface area contributed by atoms with Crippen molar-refractivity contribution in [3.05, 3.63) is 29.3 Å². The van der Waals surface area contributed by atoms with Crippen LogP contribution in [0.5, 0.6) is 0 Å². The van der Waals surface area contributed by atoms with E-state index in [9.17, 15) is 17.7 Å². The van der Waals surface area contributed by atoms with Gasteiger partial charge in [0.1, 0.15) is 0 Å². The van der Waals surface area contributed by atoms with Gasteiger partial charge in [0, 0.05) is 12.1 Å². The topological polar surface area (TPSA) is 29.1 Å². The molecule has 1 aromatic carbocycles. The van der Waals surface area contributed by atoms with Crippen molar-refractivity contribution in [1.29, 1.82) is 0 Å². The average Bonchev–Trinajstić information content (AvgIpc) is 2.46. The summed E-state index contributed by atoms with van der Waals surface area (Å²) in [4.78, 5) is 11.0. The van der Waals surface area contributed by atoms with Gasteiger partial charge in [0.15, 0.2) is 0 Å². The van der Waals surface area contributed by atoms with E-state index in [4.69, 9.17) is 0 Å². The molecule has 0 unspecified atom stereocenters. The Hall–Kier alpha value is 0.181. The van der Waals surface area contributed by atoms with Crippen molar-refractivity contribution in [3.63, 3.8) is 0 Å². The van der Waals surface area contributed by atoms with Crippen LogP contribution in [-0.4, -0.2) is 12.9 Å². The number of rotatable bonds is 1. The largest absolute Gasteiger partial charge is 1.00 e. The van der Waals surface area contributed by atoms with Gasteiger partial charge in [-0.05, 0) is 5.56 Å². The number of hydrogen-bond donors (Lipinski definition) is 1. The zero-order valence-electron chi connectivity index (χ0n) is 8.06. The third kappa shape index (κ3) is 2.65. The molecular weight excluding hydrogens is 233 g/mol. The SMILES string of the molecule is O=C1NCc2cc([B-](F)(F)F)ccc21.[K+]. The third-order valence-electron chi connectivity index (χ3n) is 2.19. The number of carbonyl (C=O) groups is 1. The second kappa shape index (κ2) is 4.59. The number of carbonyl (C=O) groups excluding carboxylic acids is 1. The van der Waals surface area contributed by atoms with Crippen molar-refractivity contribution in [2.24, 2.45) is 0 Å². The van der Waals surface area contributed by atoms with E-state index in [1.807, 2.05) is 0 Å². The summed E-state index contributed by atoms with van der Waals surface area (Å²) in [6.45, 7) is -4.78. The summed E-state index contributed by atoms with van der Waals surface area (Å²) >= 11 is 0. The van der Waals surface area contributed by atoms with E-state index in [1.165, 1.54) is 6.07 Å². The molecule has 0 aromatic heterocycles. The molecule has 0 bridgehead atoms. The van der Waals surface area contributed by atoms with E-state index in [0.717, 1.165) is 12.1 Å². The van der Waals surface area contributed by atoms with Gasteiger partial charge in [0.25, 0.3) is 5.91 Å². The molecule has 0 saturated carbocycles. The van der Waals surface area contributed by atoms with E-state index >= 15 is 0 Å². The van der Waals surface area contributed by atoms with Crippen molar-refractivity contribution in [2.45, 2.75) is 6.54 Å². The molecule has 0 atom stereocenters. The molecule has 0 fully saturated rings. The van der Waals surface area contributed by atoms with Crippen LogP contribution in [0.4, 0.5) is 12.9 Å². The van der Waals surface area contributed by atoms with E-state index in [2.05, 4.69) is 5.32 Å². The van der Waals surface area contributed by atoms with Crippen LogP contribution in [0.15, 0.2) is 18.2 Å². The maximum Gasteiger partial charge on any atom is 1.00 e. The quantitative estimate of drug-likeness (QED) is 0.564. The molecule has 0 saturated heterocycles. The van der Waals surface area contributed by atoms with Gasteiger partial charge in [-0.2, -0.15) is 0 Å². The summed E-state index contributed by atoms with van der Waals surface area (Å²) in [5.74, 6) is -0.304. The van der Waals surface area contributed by atoms with Gasteiger partial charge in [-0.15, -0.1) is 5.46 Å². The number of fused-ring (bicyclic) bond motifs is 1. The van der Waals surface area contributed by atoms with Crippen molar-refractivity contribution in [3.8, 4) is 0 Å². The Bertz CT molecular complexity index is 407. The fourth-order valence-electron chi connectivity index (χ4n) is 1.46. The van der Waals surface area contributed by atoms with Crippen LogP contribution in [-0.2, 0) is 6.54 Å². The summed E-state index contributed by atoms with van der Waals surface area (Å²) < 4.78 is 36.9. The Morgan fingerprint density at radius 3 is 2.53 bits per heavy atom. The van der Waals surface area contributed by atoms with Crippen LogP contribution >= 0.6 is 0 Å². The molecule has 1 aromatic rings. The predicted molar refractivity (Wildman–Crippen MR) is 46.3 cm³/mol. The minimum Gasteiger partial charge on any atom is -0.445 e. The minimum atomic E-state index is -4.97. The first-order valence-corrected chi connectivity index (χ1v) is 4.09. The van der Waals surface area contributed by atoms with Gasteiger partial charge < -0.3 is 18.3 Å². The first-order chi connectivity index (χ1) is 6.48. The number of nitrogens with one attached hydrogen (secondary N) is 1. The Labute approximate surface area is 127 Å². The maximum atomic E-state index is 12.3. The van der Waals surface area contributed by atoms with Crippen molar-refractivity contribution >= 4 is 18.3 Å². The molecule has 0 aliphatic carbocycles. The Kier molecular flexibility index (Phi) is 4.05. The molecule has 0 radical (unpaired) electrons. The smallest absolute Gasteiger partial charge is 0.445 e. The zero-order chi connectivity index (χ0) is 10.3. The van der Waals surface area contributed by atoms with Gasteiger partial charge in [0.2, 0.25) is 0 Å². The molecular formula is C8H6BF3KNO. The first kappa shape index (κ1) is 13.2. The Balaban J connectivity index is 0.00000112. The summed E-state index contributed by atoms with van der Waals surface area (Å²) in [5, 5.41) is 2.46. The van der Waals surface area contributed by atoms with Crippen LogP contribution in [0, 0.1) is 0 Å². The molecule has 1 aliphatic heterocycles. The summed E-state index contributed by atoms with van der Waals surface area (Å²) in [7, 11) is 0. The fraction of sp³-hybridized carbons (Fsp3) is 0.125. The van der Waals surface area contributed by atoms with Gasteiger partial charge in [-0.25, -0.2) is 0 Å². The van der Waals surface area contributed by atoms with E-state index in [1.54, 1.807) is 0 Å². The van der Waals surface area contributed by atoms with Crippen molar-refractivity contribution < 1.29 is 69.1 Å². The first-order valence-electron chi connectivity index (χ1n) is 4.09. The zero-order valence-corrected chi connectivity index (χ0v) is 11.2. The third-order valence-corrected chi connectivity index (χ3v) is 2.19. The van der Waals surface area contributed by atoms with Crippen molar-refractivity contribution in [1.82, 2.24) is 5.32 Å². The molecule has 2 rings (SSSR count). The van der Waals surface area contributed by atoms with E-state index < -0.39 is 12.4 Å². The standard InChI is InChI=1S/C8H6BF3NO.K/c10-9(11,12)6-1-2-7-5(3-6)4-13-8(7)14;/h1-3H,4H2,(H,13,14);/q-1;+1. The number of benzene rings is 1. The van der Waals surface area contributed by atoms with E-state index in [0.29, 0.717) is 11.1 Å². The number of hydrogen-bond acceptors (Lipinski definition) is 1. The molecule has 1 heterocycles. The van der Waals surface area contributed by atoms with Gasteiger partial charge in [-0.1, -0.05) is 18.2 Å². The minimum absolute atomic E-state index is 0. The molecule has 74 valence electrons. The van der Waals surface area contributed by atoms with Crippen LogP contribution in [0.3, 0.4) is 0 Å². The van der Waals surface area contributed by atoms with Gasteiger partial charge in [-0.3, -0.25) is 4.79 Å². The second-order valence-corrected chi connectivity index (χ2v) is 3.17. The molecule has 1 aliphatic rings. The second-order valence-electron chi connectivity index (χ2n) is 3.17. The molecule has 2 nitrogen and oxygen atoms in total. The van der Waals surface area contributed by atoms with Gasteiger partial charge >= 0.3 is 58.4 Å². The number of halogens is 3. The summed E-state index contributed by atoms with van der Waals surface area (Å²) in [6, 6.07) is 3.21. The average molecular weight is 239 g/mol. The normalized spacial score (nSPS) is 14.2. The summed E-state index contributed by atoms with van der Waals surface area (Å²) in [5.41, 5.74) is 0.112. The van der Waals surface area contributed by atoms with Gasteiger partial charge in [0.05, 0.1) is 0 Å². The Morgan fingerprint density at radius 2 is 1.93 bits per heavy atom. The van der Waals surface area contributed by atoms with Crippen LogP contribution in [0.1, 0.15) is 15.9 Å². The van der Waals surface area contributed by atoms with Crippen LogP contribution in [0.25, 0.3) is 0 Å². The summed E-state index contributed by atoms with van der Waals surface area (Å²) in [6.07, 6.45) is 0. The predicted octanol–water partition coefficient (Wildman–Crippen LogP) is -2.01. The monoisotopic (exact) mass is 239 g/mol. The molecule has 0 spiro atoms. The van der Waals surface area contributed by atoms with Crippen molar-refractivity contribution in [2.75, 3.05) is 0 Å². The van der Waals surface area contributed by atoms with E-state index in [-0.39, 0.29) is 63.8 Å². The fourth-order valence-corrected chi connectivity index (χ4v) is 1.46. The van der Waals surface area contributed by atoms with Crippen LogP contribution < -0.4 is 62.2 Å². The maximum absolute atomic E-state index is 12.3. The molecule has 7 heteroatoms. The Morgan fingerprint density at radius 1 is 1.27 bits per heavy atom. The molecule has 1 N–H and O–H groups in total.